The minimum absolute atomic E-state index is 0.0926. The lowest BCUT2D eigenvalue weighted by Crippen LogP contribution is -2.34. The number of carbonyl (C=O) groups excluding carboxylic acids is 1. The third kappa shape index (κ3) is 5.80. The van der Waals surface area contributed by atoms with Crippen molar-refractivity contribution in [3.05, 3.63) is 0 Å². The smallest absolute Gasteiger partial charge is 0.249 e. The molecule has 0 spiro atoms. The van der Waals surface area contributed by atoms with Crippen LogP contribution in [0.2, 0.25) is 0 Å². The molecule has 0 aromatic heterocycles. The summed E-state index contributed by atoms with van der Waals surface area (Å²) < 4.78 is 5.37. The van der Waals surface area contributed by atoms with Gasteiger partial charge in [0.25, 0.3) is 0 Å². The number of likely N-dealkylation sites (tertiary alicyclic amines) is 1. The predicted octanol–water partition coefficient (Wildman–Crippen LogP) is 2.33. The van der Waals surface area contributed by atoms with Crippen molar-refractivity contribution in [2.24, 2.45) is 0 Å². The molecule has 0 saturated carbocycles. The van der Waals surface area contributed by atoms with E-state index < -0.39 is 0 Å². The first-order chi connectivity index (χ1) is 9.86. The van der Waals surface area contributed by atoms with Crippen LogP contribution in [-0.2, 0) is 9.53 Å². The van der Waals surface area contributed by atoms with Crippen molar-refractivity contribution in [2.45, 2.75) is 63.9 Å². The average molecular weight is 282 g/mol. The third-order valence-corrected chi connectivity index (χ3v) is 4.37. The number of nitrogens with one attached hydrogen (secondary N) is 1. The molecule has 0 aromatic carbocycles. The largest absolute Gasteiger partial charge is 0.368 e. The molecule has 2 saturated heterocycles. The molecule has 2 aliphatic rings. The molecular formula is C16H30N2O2. The van der Waals surface area contributed by atoms with Crippen LogP contribution in [0.3, 0.4) is 0 Å². The predicted molar refractivity (Wildman–Crippen MR) is 80.7 cm³/mol. The summed E-state index contributed by atoms with van der Waals surface area (Å²) in [6, 6.07) is 0. The van der Waals surface area contributed by atoms with Gasteiger partial charge in [0.05, 0.1) is 0 Å². The normalized spacial score (nSPS) is 24.5. The molecule has 2 aliphatic heterocycles. The molecule has 0 aliphatic carbocycles. The lowest BCUT2D eigenvalue weighted by Gasteiger charge is -2.19. The fourth-order valence-corrected chi connectivity index (χ4v) is 3.11. The SMILES string of the molecule is O=C(NCCCCCN1CCCCCC1)C1CCCO1. The van der Waals surface area contributed by atoms with E-state index in [2.05, 4.69) is 10.2 Å². The van der Waals surface area contributed by atoms with E-state index in [1.54, 1.807) is 0 Å². The Hall–Kier alpha value is -0.610. The van der Waals surface area contributed by atoms with E-state index in [9.17, 15) is 4.79 Å². The molecule has 116 valence electrons. The number of nitrogens with zero attached hydrogens (tertiary/aromatic N) is 1. The molecule has 0 bridgehead atoms. The van der Waals surface area contributed by atoms with Gasteiger partial charge in [0.15, 0.2) is 0 Å². The number of rotatable bonds is 7. The van der Waals surface area contributed by atoms with Gasteiger partial charge in [-0.25, -0.2) is 0 Å². The number of carbonyl (C=O) groups is 1. The highest BCUT2D eigenvalue weighted by molar-refractivity contribution is 5.80. The average Bonchev–Trinajstić information content (AvgIpc) is 2.87. The maximum atomic E-state index is 11.7. The molecule has 2 heterocycles. The molecule has 1 amide bonds. The summed E-state index contributed by atoms with van der Waals surface area (Å²) in [5.41, 5.74) is 0. The second-order valence-electron chi connectivity index (χ2n) is 6.11. The van der Waals surface area contributed by atoms with Crippen molar-refractivity contribution in [2.75, 3.05) is 32.8 Å². The van der Waals surface area contributed by atoms with Crippen LogP contribution in [0.15, 0.2) is 0 Å². The van der Waals surface area contributed by atoms with Crippen molar-refractivity contribution < 1.29 is 9.53 Å². The molecule has 0 radical (unpaired) electrons. The zero-order valence-corrected chi connectivity index (χ0v) is 12.7. The molecule has 2 rings (SSSR count). The Morgan fingerprint density at radius 3 is 2.55 bits per heavy atom. The number of ether oxygens (including phenoxy) is 1. The van der Waals surface area contributed by atoms with Crippen LogP contribution >= 0.6 is 0 Å². The summed E-state index contributed by atoms with van der Waals surface area (Å²) in [6.45, 7) is 5.36. The Morgan fingerprint density at radius 1 is 1.05 bits per heavy atom. The van der Waals surface area contributed by atoms with Gasteiger partial charge in [0.1, 0.15) is 6.10 Å². The molecule has 2 fully saturated rings. The fraction of sp³-hybridized carbons (Fsp3) is 0.938. The van der Waals surface area contributed by atoms with Gasteiger partial charge in [0.2, 0.25) is 5.91 Å². The van der Waals surface area contributed by atoms with E-state index in [0.29, 0.717) is 0 Å². The van der Waals surface area contributed by atoms with Crippen molar-refractivity contribution >= 4 is 5.91 Å². The highest BCUT2D eigenvalue weighted by Crippen LogP contribution is 2.12. The van der Waals surface area contributed by atoms with Crippen molar-refractivity contribution in [3.8, 4) is 0 Å². The van der Waals surface area contributed by atoms with E-state index >= 15 is 0 Å². The van der Waals surface area contributed by atoms with E-state index in [1.807, 2.05) is 0 Å². The van der Waals surface area contributed by atoms with Gasteiger partial charge in [-0.05, 0) is 58.2 Å². The molecule has 20 heavy (non-hydrogen) atoms. The Morgan fingerprint density at radius 2 is 1.85 bits per heavy atom. The van der Waals surface area contributed by atoms with Crippen LogP contribution < -0.4 is 5.32 Å². The lowest BCUT2D eigenvalue weighted by molar-refractivity contribution is -0.130. The van der Waals surface area contributed by atoms with E-state index in [4.69, 9.17) is 4.74 Å². The van der Waals surface area contributed by atoms with Gasteiger partial charge >= 0.3 is 0 Å². The Labute approximate surface area is 123 Å². The van der Waals surface area contributed by atoms with E-state index in [1.165, 1.54) is 58.2 Å². The maximum Gasteiger partial charge on any atom is 0.249 e. The lowest BCUT2D eigenvalue weighted by atomic mass is 10.2. The number of hydrogen-bond donors (Lipinski definition) is 1. The first-order valence-corrected chi connectivity index (χ1v) is 8.48. The van der Waals surface area contributed by atoms with Crippen LogP contribution in [0.1, 0.15) is 57.8 Å². The number of hydrogen-bond acceptors (Lipinski definition) is 3. The maximum absolute atomic E-state index is 11.7. The van der Waals surface area contributed by atoms with Gasteiger partial charge in [-0.3, -0.25) is 4.79 Å². The van der Waals surface area contributed by atoms with Crippen molar-refractivity contribution in [3.63, 3.8) is 0 Å². The highest BCUT2D eigenvalue weighted by atomic mass is 16.5. The van der Waals surface area contributed by atoms with Crippen LogP contribution in [-0.4, -0.2) is 49.7 Å². The van der Waals surface area contributed by atoms with Crippen LogP contribution in [0.25, 0.3) is 0 Å². The van der Waals surface area contributed by atoms with E-state index in [0.717, 1.165) is 32.4 Å². The second-order valence-corrected chi connectivity index (χ2v) is 6.11. The van der Waals surface area contributed by atoms with Crippen LogP contribution in [0.4, 0.5) is 0 Å². The van der Waals surface area contributed by atoms with Gasteiger partial charge in [0, 0.05) is 13.2 Å². The van der Waals surface area contributed by atoms with Gasteiger partial charge in [-0.15, -0.1) is 0 Å². The molecule has 0 aromatic rings. The minimum Gasteiger partial charge on any atom is -0.368 e. The van der Waals surface area contributed by atoms with Crippen molar-refractivity contribution in [1.82, 2.24) is 10.2 Å². The Balaban J connectivity index is 1.44. The molecular weight excluding hydrogens is 252 g/mol. The van der Waals surface area contributed by atoms with Gasteiger partial charge in [-0.1, -0.05) is 19.3 Å². The summed E-state index contributed by atoms with van der Waals surface area (Å²) in [5.74, 6) is 0.0926. The molecule has 4 nitrogen and oxygen atoms in total. The first-order valence-electron chi connectivity index (χ1n) is 8.48. The summed E-state index contributed by atoms with van der Waals surface area (Å²) in [4.78, 5) is 14.3. The zero-order chi connectivity index (χ0) is 14.0. The molecule has 1 atom stereocenters. The second kappa shape index (κ2) is 9.35. The van der Waals surface area contributed by atoms with Crippen molar-refractivity contribution in [1.29, 1.82) is 0 Å². The Bertz CT molecular complexity index is 270. The number of unbranched alkanes of at least 4 members (excludes halogenated alkanes) is 2. The zero-order valence-electron chi connectivity index (χ0n) is 12.7. The molecule has 1 unspecified atom stereocenters. The first kappa shape index (κ1) is 15.8. The number of amides is 1. The summed E-state index contributed by atoms with van der Waals surface area (Å²) >= 11 is 0. The Kier molecular flexibility index (Phi) is 7.37. The van der Waals surface area contributed by atoms with Gasteiger partial charge < -0.3 is 15.0 Å². The monoisotopic (exact) mass is 282 g/mol. The van der Waals surface area contributed by atoms with Gasteiger partial charge in [-0.2, -0.15) is 0 Å². The topological polar surface area (TPSA) is 41.6 Å². The fourth-order valence-electron chi connectivity index (χ4n) is 3.11. The molecule has 1 N–H and O–H groups in total. The summed E-state index contributed by atoms with van der Waals surface area (Å²) in [6.07, 6.45) is 10.9. The summed E-state index contributed by atoms with van der Waals surface area (Å²) in [7, 11) is 0. The van der Waals surface area contributed by atoms with Crippen LogP contribution in [0.5, 0.6) is 0 Å². The minimum atomic E-state index is -0.174. The van der Waals surface area contributed by atoms with E-state index in [-0.39, 0.29) is 12.0 Å². The third-order valence-electron chi connectivity index (χ3n) is 4.37. The molecule has 4 heteroatoms. The standard InChI is InChI=1S/C16H30N2O2/c19-16(15-9-8-14-20-15)17-10-4-3-7-13-18-11-5-1-2-6-12-18/h15H,1-14H2,(H,17,19). The summed E-state index contributed by atoms with van der Waals surface area (Å²) in [5, 5.41) is 3.00. The van der Waals surface area contributed by atoms with Crippen LogP contribution in [0, 0.1) is 0 Å². The highest BCUT2D eigenvalue weighted by Gasteiger charge is 2.22. The quantitative estimate of drug-likeness (QED) is 0.729.